The number of aliphatic hydroxyl groups excluding tert-OH is 1. The van der Waals surface area contributed by atoms with Crippen molar-refractivity contribution in [2.24, 2.45) is 5.92 Å². The fraction of sp³-hybridized carbons (Fsp3) is 0.417. The van der Waals surface area contributed by atoms with E-state index in [1.807, 2.05) is 48.1 Å². The molecule has 4 heteroatoms. The minimum Gasteiger partial charge on any atom is -0.355 e. The maximum atomic E-state index is 10.2. The lowest BCUT2D eigenvalue weighted by Gasteiger charge is -2.26. The number of hydrogen-bond donors (Lipinski definition) is 2. The van der Waals surface area contributed by atoms with E-state index in [1.165, 1.54) is 0 Å². The predicted octanol–water partition coefficient (Wildman–Crippen LogP) is 1.61. The summed E-state index contributed by atoms with van der Waals surface area (Å²) in [5, 5.41) is 14.6. The third kappa shape index (κ3) is 2.08. The number of nitrogens with one attached hydrogen (secondary N) is 1. The van der Waals surface area contributed by atoms with Gasteiger partial charge in [0.25, 0.3) is 0 Å². The highest BCUT2D eigenvalue weighted by Gasteiger charge is 2.32. The number of thioether (sulfide) groups is 1. The Morgan fingerprint density at radius 2 is 2.06 bits per heavy atom. The highest BCUT2D eigenvalue weighted by Crippen LogP contribution is 2.21. The van der Waals surface area contributed by atoms with Crippen LogP contribution >= 0.6 is 11.8 Å². The molecular formula is C12H17N2OS+. The molecular weight excluding hydrogens is 220 g/mol. The van der Waals surface area contributed by atoms with E-state index in [1.54, 1.807) is 11.8 Å². The Labute approximate surface area is 100 Å². The van der Waals surface area contributed by atoms with Gasteiger partial charge in [0.05, 0.1) is 12.5 Å². The summed E-state index contributed by atoms with van der Waals surface area (Å²) in [5.74, 6) is 0.219. The molecule has 0 spiro atoms. The van der Waals surface area contributed by atoms with Crippen LogP contribution in [0.1, 0.15) is 6.92 Å². The fourth-order valence-corrected chi connectivity index (χ4v) is 2.48. The van der Waals surface area contributed by atoms with Crippen molar-refractivity contribution in [3.8, 4) is 0 Å². The van der Waals surface area contributed by atoms with E-state index in [0.717, 1.165) is 17.4 Å². The molecule has 0 fully saturated rings. The zero-order valence-corrected chi connectivity index (χ0v) is 10.4. The van der Waals surface area contributed by atoms with Gasteiger partial charge in [-0.3, -0.25) is 5.32 Å². The number of rotatable bonds is 1. The molecule has 0 saturated heterocycles. The molecule has 1 aliphatic heterocycles. The summed E-state index contributed by atoms with van der Waals surface area (Å²) in [4.78, 5) is 0. The van der Waals surface area contributed by atoms with Gasteiger partial charge >= 0.3 is 5.17 Å². The number of aliphatic hydroxyl groups is 1. The molecule has 0 saturated carbocycles. The lowest BCUT2D eigenvalue weighted by molar-refractivity contribution is -0.551. The van der Waals surface area contributed by atoms with Crippen molar-refractivity contribution in [2.45, 2.75) is 13.2 Å². The van der Waals surface area contributed by atoms with Crippen LogP contribution in [0, 0.1) is 5.92 Å². The molecule has 86 valence electrons. The van der Waals surface area contributed by atoms with Gasteiger partial charge in [-0.2, -0.15) is 4.58 Å². The smallest absolute Gasteiger partial charge is 0.313 e. The monoisotopic (exact) mass is 237 g/mol. The van der Waals surface area contributed by atoms with E-state index < -0.39 is 6.23 Å². The van der Waals surface area contributed by atoms with Gasteiger partial charge in [-0.15, -0.1) is 0 Å². The van der Waals surface area contributed by atoms with E-state index in [4.69, 9.17) is 0 Å². The summed E-state index contributed by atoms with van der Waals surface area (Å²) in [5.41, 5.74) is 1.03. The third-order valence-corrected chi connectivity index (χ3v) is 3.52. The Morgan fingerprint density at radius 1 is 1.38 bits per heavy atom. The van der Waals surface area contributed by atoms with Gasteiger partial charge in [-0.05, 0) is 30.2 Å². The van der Waals surface area contributed by atoms with Gasteiger partial charge in [0, 0.05) is 0 Å². The second-order valence-electron chi connectivity index (χ2n) is 3.99. The van der Waals surface area contributed by atoms with Gasteiger partial charge in [0.1, 0.15) is 5.69 Å². The Bertz CT molecular complexity index is 391. The first-order valence-electron chi connectivity index (χ1n) is 5.41. The molecule has 0 radical (unpaired) electrons. The molecule has 1 aromatic carbocycles. The summed E-state index contributed by atoms with van der Waals surface area (Å²) in [6.45, 7) is 2.87. The standard InChI is InChI=1S/C12H16N2OS/c1-9-8-13-12(16-2)14(11(9)15)10-6-4-3-5-7-10/h3-7,9,11,15H,8H2,1-2H3/p+1/t9-,11-/m1/s1. The highest BCUT2D eigenvalue weighted by molar-refractivity contribution is 8.13. The van der Waals surface area contributed by atoms with Crippen LogP contribution in [-0.4, -0.2) is 33.9 Å². The number of hydrogen-bond acceptors (Lipinski definition) is 3. The van der Waals surface area contributed by atoms with Crippen LogP contribution in [0.4, 0.5) is 5.69 Å². The summed E-state index contributed by atoms with van der Waals surface area (Å²) in [6, 6.07) is 9.98. The molecule has 2 rings (SSSR count). The lowest BCUT2D eigenvalue weighted by atomic mass is 10.1. The minimum atomic E-state index is -0.453. The van der Waals surface area contributed by atoms with Crippen LogP contribution in [0.15, 0.2) is 30.3 Å². The van der Waals surface area contributed by atoms with Gasteiger partial charge in [-0.25, -0.2) is 0 Å². The minimum absolute atomic E-state index is 0.219. The van der Waals surface area contributed by atoms with Crippen LogP contribution in [0.25, 0.3) is 0 Å². The largest absolute Gasteiger partial charge is 0.355 e. The van der Waals surface area contributed by atoms with Crippen LogP contribution in [0.3, 0.4) is 0 Å². The highest BCUT2D eigenvalue weighted by atomic mass is 32.2. The fourth-order valence-electron chi connectivity index (χ4n) is 1.84. The Kier molecular flexibility index (Phi) is 3.51. The molecule has 0 bridgehead atoms. The Balaban J connectivity index is 2.45. The zero-order chi connectivity index (χ0) is 11.5. The second kappa shape index (κ2) is 4.89. The van der Waals surface area contributed by atoms with Crippen LogP contribution < -0.4 is 5.32 Å². The van der Waals surface area contributed by atoms with Gasteiger partial charge < -0.3 is 5.11 Å². The first-order valence-corrected chi connectivity index (χ1v) is 6.63. The first-order chi connectivity index (χ1) is 7.74. The SMILES string of the molecule is CSC1=[N+](c2ccccc2)[C@H](O)[C@H](C)CN1. The third-order valence-electron chi connectivity index (χ3n) is 2.80. The van der Waals surface area contributed by atoms with E-state index in [2.05, 4.69) is 5.32 Å². The summed E-state index contributed by atoms with van der Waals surface area (Å²) in [6.07, 6.45) is 1.56. The molecule has 0 unspecified atom stereocenters. The number of para-hydroxylation sites is 1. The van der Waals surface area contributed by atoms with Crippen LogP contribution in [0.5, 0.6) is 0 Å². The van der Waals surface area contributed by atoms with E-state index in [-0.39, 0.29) is 5.92 Å². The average molecular weight is 237 g/mol. The van der Waals surface area contributed by atoms with Crippen molar-refractivity contribution < 1.29 is 9.68 Å². The maximum absolute atomic E-state index is 10.2. The molecule has 1 aromatic rings. The maximum Gasteiger partial charge on any atom is 0.313 e. The first kappa shape index (κ1) is 11.5. The molecule has 1 heterocycles. The number of benzene rings is 1. The van der Waals surface area contributed by atoms with Crippen molar-refractivity contribution in [3.05, 3.63) is 30.3 Å². The van der Waals surface area contributed by atoms with Gasteiger partial charge in [0.15, 0.2) is 0 Å². The lowest BCUT2D eigenvalue weighted by Crippen LogP contribution is -2.47. The van der Waals surface area contributed by atoms with Crippen molar-refractivity contribution in [1.29, 1.82) is 0 Å². The summed E-state index contributed by atoms with van der Waals surface area (Å²) < 4.78 is 1.96. The van der Waals surface area contributed by atoms with Crippen molar-refractivity contribution in [3.63, 3.8) is 0 Å². The van der Waals surface area contributed by atoms with Crippen molar-refractivity contribution >= 4 is 22.6 Å². The molecule has 0 amide bonds. The van der Waals surface area contributed by atoms with Gasteiger partial charge in [0.2, 0.25) is 6.23 Å². The molecule has 1 aliphatic rings. The quantitative estimate of drug-likeness (QED) is 0.728. The second-order valence-corrected chi connectivity index (χ2v) is 4.78. The molecule has 0 aliphatic carbocycles. The topological polar surface area (TPSA) is 35.3 Å². The Hall–Kier alpha value is -1.00. The zero-order valence-electron chi connectivity index (χ0n) is 9.55. The van der Waals surface area contributed by atoms with Crippen LogP contribution in [0.2, 0.25) is 0 Å². The van der Waals surface area contributed by atoms with Crippen LogP contribution in [-0.2, 0) is 0 Å². The number of amidine groups is 1. The normalized spacial score (nSPS) is 25.4. The van der Waals surface area contributed by atoms with Crippen molar-refractivity contribution in [2.75, 3.05) is 12.8 Å². The molecule has 2 atom stereocenters. The number of nitrogens with zero attached hydrogens (tertiary/aromatic N) is 1. The van der Waals surface area contributed by atoms with E-state index in [9.17, 15) is 5.11 Å². The van der Waals surface area contributed by atoms with E-state index in [0.29, 0.717) is 0 Å². The molecule has 2 N–H and O–H groups in total. The molecule has 16 heavy (non-hydrogen) atoms. The molecule has 0 aromatic heterocycles. The summed E-state index contributed by atoms with van der Waals surface area (Å²) in [7, 11) is 0. The Morgan fingerprint density at radius 3 is 2.69 bits per heavy atom. The molecule has 3 nitrogen and oxygen atoms in total. The van der Waals surface area contributed by atoms with Gasteiger partial charge in [-0.1, -0.05) is 25.1 Å². The average Bonchev–Trinajstić information content (AvgIpc) is 2.33. The summed E-state index contributed by atoms with van der Waals surface area (Å²) >= 11 is 1.63. The van der Waals surface area contributed by atoms with Crippen molar-refractivity contribution in [1.82, 2.24) is 5.32 Å². The predicted molar refractivity (Wildman–Crippen MR) is 68.1 cm³/mol. The van der Waals surface area contributed by atoms with E-state index >= 15 is 0 Å².